The summed E-state index contributed by atoms with van der Waals surface area (Å²) < 4.78 is 2.93. The van der Waals surface area contributed by atoms with Crippen LogP contribution >= 0.6 is 15.9 Å². The molecule has 15 heavy (non-hydrogen) atoms. The Bertz CT molecular complexity index is 347. The highest BCUT2D eigenvalue weighted by molar-refractivity contribution is 9.10. The second-order valence-corrected chi connectivity index (χ2v) is 4.95. The first-order valence-electron chi connectivity index (χ1n) is 4.99. The van der Waals surface area contributed by atoms with E-state index in [1.54, 1.807) is 6.92 Å². The molecular formula is C10H18BrN3O. The number of rotatable bonds is 4. The van der Waals surface area contributed by atoms with Gasteiger partial charge < -0.3 is 10.8 Å². The predicted octanol–water partition coefficient (Wildman–Crippen LogP) is 1.36. The zero-order valence-electron chi connectivity index (χ0n) is 9.42. The maximum atomic E-state index is 9.77. The first-order valence-corrected chi connectivity index (χ1v) is 5.78. The minimum atomic E-state index is -0.807. The minimum Gasteiger partial charge on any atom is -0.389 e. The lowest BCUT2D eigenvalue weighted by Crippen LogP contribution is -2.35. The predicted molar refractivity (Wildman–Crippen MR) is 63.7 cm³/mol. The fourth-order valence-electron chi connectivity index (χ4n) is 1.34. The maximum Gasteiger partial charge on any atom is 0.0759 e. The van der Waals surface area contributed by atoms with Gasteiger partial charge in [-0.3, -0.25) is 4.68 Å². The van der Waals surface area contributed by atoms with Crippen LogP contribution in [-0.4, -0.2) is 27.0 Å². The van der Waals surface area contributed by atoms with Crippen molar-refractivity contribution in [2.24, 2.45) is 5.73 Å². The summed E-state index contributed by atoms with van der Waals surface area (Å²) in [5.41, 5.74) is 6.70. The van der Waals surface area contributed by atoms with Gasteiger partial charge >= 0.3 is 0 Å². The van der Waals surface area contributed by atoms with E-state index in [1.807, 2.05) is 18.5 Å². The Morgan fingerprint density at radius 1 is 1.53 bits per heavy atom. The quantitative estimate of drug-likeness (QED) is 0.872. The Balaban J connectivity index is 2.70. The summed E-state index contributed by atoms with van der Waals surface area (Å²) in [6, 6.07) is 0. The SMILES string of the molecule is Cc1nn(CCC(C)(O)CN)c(C)c1Br. The highest BCUT2D eigenvalue weighted by atomic mass is 79.9. The van der Waals surface area contributed by atoms with Crippen LogP contribution in [0, 0.1) is 13.8 Å². The molecule has 3 N–H and O–H groups in total. The van der Waals surface area contributed by atoms with Gasteiger partial charge in [0.1, 0.15) is 0 Å². The molecule has 1 aromatic heterocycles. The van der Waals surface area contributed by atoms with Gasteiger partial charge in [-0.1, -0.05) is 0 Å². The van der Waals surface area contributed by atoms with Crippen molar-refractivity contribution >= 4 is 15.9 Å². The van der Waals surface area contributed by atoms with E-state index in [9.17, 15) is 5.11 Å². The van der Waals surface area contributed by atoms with Crippen LogP contribution in [-0.2, 0) is 6.54 Å². The van der Waals surface area contributed by atoms with Gasteiger partial charge in [0.05, 0.1) is 15.8 Å². The zero-order valence-corrected chi connectivity index (χ0v) is 11.0. The number of hydrogen-bond donors (Lipinski definition) is 2. The van der Waals surface area contributed by atoms with Crippen molar-refractivity contribution < 1.29 is 5.11 Å². The first-order chi connectivity index (χ1) is 6.87. The topological polar surface area (TPSA) is 64.1 Å². The van der Waals surface area contributed by atoms with Crippen LogP contribution in [0.15, 0.2) is 4.47 Å². The molecule has 86 valence electrons. The highest BCUT2D eigenvalue weighted by Crippen LogP contribution is 2.20. The van der Waals surface area contributed by atoms with Crippen LogP contribution < -0.4 is 5.73 Å². The lowest BCUT2D eigenvalue weighted by molar-refractivity contribution is 0.0541. The van der Waals surface area contributed by atoms with E-state index in [4.69, 9.17) is 5.73 Å². The van der Waals surface area contributed by atoms with Crippen LogP contribution in [0.25, 0.3) is 0 Å². The molecule has 4 nitrogen and oxygen atoms in total. The van der Waals surface area contributed by atoms with E-state index >= 15 is 0 Å². The summed E-state index contributed by atoms with van der Waals surface area (Å²) >= 11 is 3.47. The van der Waals surface area contributed by atoms with Gasteiger partial charge in [-0.25, -0.2) is 0 Å². The lowest BCUT2D eigenvalue weighted by atomic mass is 10.0. The van der Waals surface area contributed by atoms with E-state index in [-0.39, 0.29) is 6.54 Å². The smallest absolute Gasteiger partial charge is 0.0759 e. The van der Waals surface area contributed by atoms with Gasteiger partial charge in [0.15, 0.2) is 0 Å². The highest BCUT2D eigenvalue weighted by Gasteiger charge is 2.19. The number of aryl methyl sites for hydroxylation is 2. The fourth-order valence-corrected chi connectivity index (χ4v) is 1.63. The molecule has 1 heterocycles. The molecule has 0 fully saturated rings. The van der Waals surface area contributed by atoms with Crippen molar-refractivity contribution in [3.8, 4) is 0 Å². The van der Waals surface area contributed by atoms with Gasteiger partial charge in [-0.15, -0.1) is 0 Å². The second kappa shape index (κ2) is 4.63. The molecule has 5 heteroatoms. The monoisotopic (exact) mass is 275 g/mol. The van der Waals surface area contributed by atoms with Crippen molar-refractivity contribution in [3.63, 3.8) is 0 Å². The van der Waals surface area contributed by atoms with Gasteiger partial charge in [-0.05, 0) is 43.1 Å². The Labute approximate surface area is 98.6 Å². The molecule has 0 saturated heterocycles. The molecule has 0 bridgehead atoms. The van der Waals surface area contributed by atoms with E-state index in [1.165, 1.54) is 0 Å². The van der Waals surface area contributed by atoms with E-state index in [0.717, 1.165) is 15.9 Å². The average Bonchev–Trinajstić information content (AvgIpc) is 2.43. The number of nitrogens with two attached hydrogens (primary N) is 1. The largest absolute Gasteiger partial charge is 0.389 e. The Kier molecular flexibility index (Phi) is 3.92. The molecule has 0 radical (unpaired) electrons. The molecule has 1 unspecified atom stereocenters. The summed E-state index contributed by atoms with van der Waals surface area (Å²) in [7, 11) is 0. The van der Waals surface area contributed by atoms with Gasteiger partial charge in [0, 0.05) is 18.8 Å². The maximum absolute atomic E-state index is 9.77. The molecule has 0 amide bonds. The van der Waals surface area contributed by atoms with Crippen molar-refractivity contribution in [1.29, 1.82) is 0 Å². The van der Waals surface area contributed by atoms with Crippen molar-refractivity contribution in [3.05, 3.63) is 15.9 Å². The standard InChI is InChI=1S/C10H18BrN3O/c1-7-9(11)8(2)14(13-7)5-4-10(3,15)6-12/h15H,4-6,12H2,1-3H3. The van der Waals surface area contributed by atoms with Crippen molar-refractivity contribution in [2.45, 2.75) is 39.3 Å². The summed E-state index contributed by atoms with van der Waals surface area (Å²) in [6.45, 7) is 6.65. The summed E-state index contributed by atoms with van der Waals surface area (Å²) in [5.74, 6) is 0. The molecule has 1 aromatic rings. The molecule has 0 aliphatic rings. The molecule has 0 saturated carbocycles. The first kappa shape index (κ1) is 12.7. The van der Waals surface area contributed by atoms with Gasteiger partial charge in [0.25, 0.3) is 0 Å². The fraction of sp³-hybridized carbons (Fsp3) is 0.700. The summed E-state index contributed by atoms with van der Waals surface area (Å²) in [4.78, 5) is 0. The normalized spacial score (nSPS) is 15.3. The van der Waals surface area contributed by atoms with Crippen LogP contribution in [0.1, 0.15) is 24.7 Å². The van der Waals surface area contributed by atoms with Crippen molar-refractivity contribution in [1.82, 2.24) is 9.78 Å². The Hall–Kier alpha value is -0.390. The average molecular weight is 276 g/mol. The number of halogens is 1. The minimum absolute atomic E-state index is 0.271. The Morgan fingerprint density at radius 2 is 2.13 bits per heavy atom. The number of hydrogen-bond acceptors (Lipinski definition) is 3. The molecule has 0 spiro atoms. The van der Waals surface area contributed by atoms with E-state index < -0.39 is 5.60 Å². The lowest BCUT2D eigenvalue weighted by Gasteiger charge is -2.20. The van der Waals surface area contributed by atoms with Crippen LogP contribution in [0.5, 0.6) is 0 Å². The molecule has 0 aliphatic carbocycles. The molecule has 0 aliphatic heterocycles. The summed E-state index contributed by atoms with van der Waals surface area (Å²) in [5, 5.41) is 14.1. The third-order valence-electron chi connectivity index (χ3n) is 2.60. The third kappa shape index (κ3) is 3.03. The number of aliphatic hydroxyl groups is 1. The zero-order chi connectivity index (χ0) is 11.6. The van der Waals surface area contributed by atoms with Crippen LogP contribution in [0.3, 0.4) is 0 Å². The molecular weight excluding hydrogens is 258 g/mol. The van der Waals surface area contributed by atoms with Crippen molar-refractivity contribution in [2.75, 3.05) is 6.54 Å². The van der Waals surface area contributed by atoms with Gasteiger partial charge in [-0.2, -0.15) is 5.10 Å². The summed E-state index contributed by atoms with van der Waals surface area (Å²) in [6.07, 6.45) is 0.609. The number of nitrogens with zero attached hydrogens (tertiary/aromatic N) is 2. The van der Waals surface area contributed by atoms with Gasteiger partial charge in [0.2, 0.25) is 0 Å². The van der Waals surface area contributed by atoms with E-state index in [0.29, 0.717) is 13.0 Å². The Morgan fingerprint density at radius 3 is 2.53 bits per heavy atom. The molecule has 1 rings (SSSR count). The molecule has 1 atom stereocenters. The van der Waals surface area contributed by atoms with E-state index in [2.05, 4.69) is 21.0 Å². The van der Waals surface area contributed by atoms with Crippen LogP contribution in [0.4, 0.5) is 0 Å². The number of aromatic nitrogens is 2. The second-order valence-electron chi connectivity index (χ2n) is 4.16. The van der Waals surface area contributed by atoms with Crippen LogP contribution in [0.2, 0.25) is 0 Å². The third-order valence-corrected chi connectivity index (χ3v) is 3.74. The molecule has 0 aromatic carbocycles.